The summed E-state index contributed by atoms with van der Waals surface area (Å²) in [7, 11) is 0. The third-order valence-electron chi connectivity index (χ3n) is 14.0. The molecule has 0 saturated heterocycles. The molecule has 3 aliphatic rings. The van der Waals surface area contributed by atoms with Crippen molar-refractivity contribution >= 4 is 85.1 Å². The SMILES string of the molecule is CC1(C)c2cc3c(cc2-c2ccc4cc(N(c5ccccc5)c5ccccc5)ccc4c21)Oc1cccc2c1B3c1ccc(N(c3ccccc3)c3ccccc3)cc1N2c1ccccc1. The van der Waals surface area contributed by atoms with Crippen LogP contribution in [0.15, 0.2) is 231 Å². The number of rotatable bonds is 7. The molecule has 2 aliphatic heterocycles. The Bertz CT molecular complexity index is 3410. The van der Waals surface area contributed by atoms with E-state index in [2.05, 4.69) is 259 Å². The van der Waals surface area contributed by atoms with Gasteiger partial charge in [0.25, 0.3) is 6.71 Å². The fraction of sp³-hybridized carbons (Fsp3) is 0.0492. The molecule has 312 valence electrons. The predicted octanol–water partition coefficient (Wildman–Crippen LogP) is 14.5. The quantitative estimate of drug-likeness (QED) is 0.149. The van der Waals surface area contributed by atoms with Crippen molar-refractivity contribution in [1.82, 2.24) is 0 Å². The number of ether oxygens (including phenoxy) is 1. The van der Waals surface area contributed by atoms with Crippen molar-refractivity contribution in [2.24, 2.45) is 0 Å². The largest absolute Gasteiger partial charge is 0.458 e. The monoisotopic (exact) mass is 845 g/mol. The second-order valence-electron chi connectivity index (χ2n) is 18.1. The Morgan fingerprint density at radius 3 is 1.59 bits per heavy atom. The van der Waals surface area contributed by atoms with E-state index in [9.17, 15) is 0 Å². The Morgan fingerprint density at radius 1 is 0.424 bits per heavy atom. The summed E-state index contributed by atoms with van der Waals surface area (Å²) >= 11 is 0. The van der Waals surface area contributed by atoms with Gasteiger partial charge in [-0.2, -0.15) is 0 Å². The maximum Gasteiger partial charge on any atom is 0.256 e. The first-order valence-electron chi connectivity index (χ1n) is 22.9. The molecular formula is C61H44BN3O. The summed E-state index contributed by atoms with van der Waals surface area (Å²) in [5.41, 5.74) is 18.7. The fourth-order valence-electron chi connectivity index (χ4n) is 11.1. The van der Waals surface area contributed by atoms with Crippen LogP contribution in [0.2, 0.25) is 0 Å². The zero-order valence-corrected chi connectivity index (χ0v) is 36.8. The summed E-state index contributed by atoms with van der Waals surface area (Å²) in [5.74, 6) is 1.82. The second kappa shape index (κ2) is 14.9. The zero-order chi connectivity index (χ0) is 43.9. The summed E-state index contributed by atoms with van der Waals surface area (Å²) in [5, 5.41) is 2.50. The highest BCUT2D eigenvalue weighted by molar-refractivity contribution is 6.99. The van der Waals surface area contributed by atoms with E-state index in [1.165, 1.54) is 49.4 Å². The average Bonchev–Trinajstić information content (AvgIpc) is 3.59. The van der Waals surface area contributed by atoms with Gasteiger partial charge in [-0.1, -0.05) is 141 Å². The summed E-state index contributed by atoms with van der Waals surface area (Å²) < 4.78 is 7.08. The first-order valence-corrected chi connectivity index (χ1v) is 22.9. The molecule has 0 radical (unpaired) electrons. The van der Waals surface area contributed by atoms with E-state index in [1.807, 2.05) is 0 Å². The van der Waals surface area contributed by atoms with Gasteiger partial charge in [-0.05, 0) is 153 Å². The van der Waals surface area contributed by atoms with Crippen LogP contribution in [-0.4, -0.2) is 6.71 Å². The molecule has 0 N–H and O–H groups in total. The molecule has 2 heterocycles. The van der Waals surface area contributed by atoms with Crippen LogP contribution in [-0.2, 0) is 5.41 Å². The molecular weight excluding hydrogens is 802 g/mol. The van der Waals surface area contributed by atoms with Crippen molar-refractivity contribution in [3.63, 3.8) is 0 Å². The van der Waals surface area contributed by atoms with E-state index in [0.29, 0.717) is 0 Å². The van der Waals surface area contributed by atoms with E-state index in [4.69, 9.17) is 4.74 Å². The Kier molecular flexibility index (Phi) is 8.63. The van der Waals surface area contributed by atoms with Gasteiger partial charge in [0.2, 0.25) is 0 Å². The minimum absolute atomic E-state index is 0.0445. The Labute approximate surface area is 386 Å². The lowest BCUT2D eigenvalue weighted by Crippen LogP contribution is -2.59. The lowest BCUT2D eigenvalue weighted by molar-refractivity contribution is 0.487. The number of nitrogens with zero attached hydrogens (tertiary/aromatic N) is 3. The number of fused-ring (bicyclic) bond motifs is 9. The van der Waals surface area contributed by atoms with Crippen LogP contribution >= 0.6 is 0 Å². The predicted molar refractivity (Wildman–Crippen MR) is 277 cm³/mol. The summed E-state index contributed by atoms with van der Waals surface area (Å²) in [6, 6.07) is 83.5. The van der Waals surface area contributed by atoms with Crippen LogP contribution < -0.4 is 35.8 Å². The van der Waals surface area contributed by atoms with E-state index < -0.39 is 0 Å². The van der Waals surface area contributed by atoms with Gasteiger partial charge in [0.05, 0.1) is 0 Å². The number of anilines is 9. The molecule has 5 heteroatoms. The van der Waals surface area contributed by atoms with Gasteiger partial charge in [0.15, 0.2) is 0 Å². The van der Waals surface area contributed by atoms with Crippen molar-refractivity contribution in [2.75, 3.05) is 14.7 Å². The van der Waals surface area contributed by atoms with E-state index in [-0.39, 0.29) is 12.1 Å². The van der Waals surface area contributed by atoms with Crippen LogP contribution in [0.3, 0.4) is 0 Å². The molecule has 0 atom stereocenters. The van der Waals surface area contributed by atoms with Gasteiger partial charge in [-0.3, -0.25) is 0 Å². The van der Waals surface area contributed by atoms with Gasteiger partial charge in [0, 0.05) is 56.6 Å². The number of benzene rings is 10. The smallest absolute Gasteiger partial charge is 0.256 e. The molecule has 1 aliphatic carbocycles. The molecule has 4 nitrogen and oxygen atoms in total. The third kappa shape index (κ3) is 5.86. The Morgan fingerprint density at radius 2 is 0.985 bits per heavy atom. The molecule has 13 rings (SSSR count). The minimum Gasteiger partial charge on any atom is -0.458 e. The maximum absolute atomic E-state index is 7.08. The van der Waals surface area contributed by atoms with Crippen molar-refractivity contribution < 1.29 is 4.74 Å². The molecule has 0 saturated carbocycles. The molecule has 66 heavy (non-hydrogen) atoms. The lowest BCUT2D eigenvalue weighted by Gasteiger charge is -2.41. The standard InChI is InChI=1S/C61H44BN3O/c1-61(2)52-40-54-58(39-51(52)50-34-31-41-37-47(32-35-49(41)59(50)61)63(42-19-8-3-9-20-42)43-21-10-4-11-22-43)66-57-30-18-29-55-60(57)62(54)53-36-33-48(38-56(53)65(55)46-27-16-7-17-28-46)64(44-23-12-5-13-24-44)45-25-14-6-15-26-45/h3-40H,1-2H3. The topological polar surface area (TPSA) is 19.0 Å². The minimum atomic E-state index is -0.275. The van der Waals surface area contributed by atoms with Crippen molar-refractivity contribution in [1.29, 1.82) is 0 Å². The van der Waals surface area contributed by atoms with Gasteiger partial charge in [-0.15, -0.1) is 0 Å². The van der Waals surface area contributed by atoms with Gasteiger partial charge >= 0.3 is 0 Å². The molecule has 10 aromatic carbocycles. The molecule has 0 spiro atoms. The summed E-state index contributed by atoms with van der Waals surface area (Å²) in [6.07, 6.45) is 0. The van der Waals surface area contributed by atoms with Crippen molar-refractivity contribution in [2.45, 2.75) is 19.3 Å². The van der Waals surface area contributed by atoms with E-state index in [1.54, 1.807) is 0 Å². The number of hydrogen-bond acceptors (Lipinski definition) is 4. The maximum atomic E-state index is 7.08. The highest BCUT2D eigenvalue weighted by Crippen LogP contribution is 2.54. The summed E-state index contributed by atoms with van der Waals surface area (Å²) in [4.78, 5) is 7.13. The molecule has 0 bridgehead atoms. The molecule has 0 unspecified atom stereocenters. The zero-order valence-electron chi connectivity index (χ0n) is 36.8. The van der Waals surface area contributed by atoms with Crippen LogP contribution in [0, 0.1) is 0 Å². The van der Waals surface area contributed by atoms with Crippen LogP contribution in [0.5, 0.6) is 11.5 Å². The molecule has 10 aromatic rings. The van der Waals surface area contributed by atoms with Crippen LogP contribution in [0.4, 0.5) is 51.2 Å². The number of para-hydroxylation sites is 5. The first-order chi connectivity index (χ1) is 32.5. The third-order valence-corrected chi connectivity index (χ3v) is 14.0. The van der Waals surface area contributed by atoms with Crippen molar-refractivity contribution in [3.8, 4) is 22.6 Å². The van der Waals surface area contributed by atoms with Crippen LogP contribution in [0.25, 0.3) is 21.9 Å². The van der Waals surface area contributed by atoms with E-state index in [0.717, 1.165) is 62.7 Å². The Hall–Kier alpha value is -8.28. The highest BCUT2D eigenvalue weighted by atomic mass is 16.5. The van der Waals surface area contributed by atoms with Crippen LogP contribution in [0.1, 0.15) is 25.0 Å². The molecule has 0 amide bonds. The van der Waals surface area contributed by atoms with Gasteiger partial charge in [0.1, 0.15) is 11.5 Å². The van der Waals surface area contributed by atoms with Gasteiger partial charge in [-0.25, -0.2) is 0 Å². The van der Waals surface area contributed by atoms with Gasteiger partial charge < -0.3 is 19.4 Å². The highest BCUT2D eigenvalue weighted by Gasteiger charge is 2.45. The second-order valence-corrected chi connectivity index (χ2v) is 18.1. The van der Waals surface area contributed by atoms with E-state index >= 15 is 0 Å². The number of hydrogen-bond donors (Lipinski definition) is 0. The molecule has 0 aromatic heterocycles. The Balaban J connectivity index is 0.969. The van der Waals surface area contributed by atoms with Crippen molar-refractivity contribution in [3.05, 3.63) is 242 Å². The average molecular weight is 846 g/mol. The first kappa shape index (κ1) is 38.2. The fourth-order valence-corrected chi connectivity index (χ4v) is 11.1. The lowest BCUT2D eigenvalue weighted by atomic mass is 9.34. The molecule has 0 fully saturated rings. The summed E-state index contributed by atoms with van der Waals surface area (Å²) in [6.45, 7) is 4.76. The normalized spacial score (nSPS) is 13.5.